The van der Waals surface area contributed by atoms with E-state index in [1.54, 1.807) is 6.33 Å². The lowest BCUT2D eigenvalue weighted by molar-refractivity contribution is -0.107. The lowest BCUT2D eigenvalue weighted by atomic mass is 9.48. The van der Waals surface area contributed by atoms with Crippen LogP contribution in [0.25, 0.3) is 0 Å². The van der Waals surface area contributed by atoms with Crippen molar-refractivity contribution in [3.8, 4) is 0 Å². The summed E-state index contributed by atoms with van der Waals surface area (Å²) in [6.45, 7) is 5.76. The van der Waals surface area contributed by atoms with Gasteiger partial charge in [-0.25, -0.2) is 4.68 Å². The highest BCUT2D eigenvalue weighted by atomic mass is 16.3. The summed E-state index contributed by atoms with van der Waals surface area (Å²) in [5.41, 5.74) is 0.125. The largest absolute Gasteiger partial charge is 0.390 e. The van der Waals surface area contributed by atoms with Crippen molar-refractivity contribution < 1.29 is 5.11 Å². The minimum absolute atomic E-state index is 0.400. The molecule has 5 saturated carbocycles. The van der Waals surface area contributed by atoms with Crippen molar-refractivity contribution in [1.29, 1.82) is 0 Å². The molecule has 5 nitrogen and oxygen atoms in total. The minimum atomic E-state index is -0.400. The molecule has 0 aromatic carbocycles. The number of rotatable bonds is 3. The van der Waals surface area contributed by atoms with Gasteiger partial charge >= 0.3 is 0 Å². The van der Waals surface area contributed by atoms with E-state index in [0.29, 0.717) is 5.41 Å². The van der Waals surface area contributed by atoms with E-state index in [1.165, 1.54) is 57.8 Å². The third-order valence-electron chi connectivity index (χ3n) is 11.0. The van der Waals surface area contributed by atoms with E-state index in [-0.39, 0.29) is 0 Å². The number of aryl methyl sites for hydroxylation is 1. The first-order valence-corrected chi connectivity index (χ1v) is 12.9. The summed E-state index contributed by atoms with van der Waals surface area (Å²) in [5.74, 6) is 7.31. The molecular weight excluding hydrogens is 372 g/mol. The quantitative estimate of drug-likeness (QED) is 0.780. The summed E-state index contributed by atoms with van der Waals surface area (Å²) >= 11 is 0. The maximum Gasteiger partial charge on any atom is 0.138 e. The molecule has 5 aliphatic carbocycles. The van der Waals surface area contributed by atoms with Crippen LogP contribution in [0.3, 0.4) is 0 Å². The predicted molar refractivity (Wildman–Crippen MR) is 115 cm³/mol. The molecule has 166 valence electrons. The van der Waals surface area contributed by atoms with Gasteiger partial charge in [0.2, 0.25) is 0 Å². The van der Waals surface area contributed by atoms with E-state index in [4.69, 9.17) is 0 Å². The number of tetrazole rings is 1. The van der Waals surface area contributed by atoms with Gasteiger partial charge in [0.1, 0.15) is 6.33 Å². The van der Waals surface area contributed by atoms with Crippen LogP contribution in [-0.2, 0) is 6.54 Å². The highest BCUT2D eigenvalue weighted by molar-refractivity contribution is 5.12. The zero-order valence-corrected chi connectivity index (χ0v) is 18.9. The molecule has 0 amide bonds. The van der Waals surface area contributed by atoms with Crippen molar-refractivity contribution in [1.82, 2.24) is 20.2 Å². The van der Waals surface area contributed by atoms with Crippen LogP contribution in [0.5, 0.6) is 0 Å². The zero-order valence-electron chi connectivity index (χ0n) is 18.9. The molecule has 3 unspecified atom stereocenters. The van der Waals surface area contributed by atoms with Gasteiger partial charge in [-0.3, -0.25) is 0 Å². The smallest absolute Gasteiger partial charge is 0.138 e. The second kappa shape index (κ2) is 7.02. The Bertz CT molecular complexity index is 763. The van der Waals surface area contributed by atoms with Gasteiger partial charge in [0.25, 0.3) is 0 Å². The number of fused-ring (bicyclic) bond motifs is 7. The lowest BCUT2D eigenvalue weighted by Crippen LogP contribution is -2.51. The summed E-state index contributed by atoms with van der Waals surface area (Å²) in [4.78, 5) is 0. The summed E-state index contributed by atoms with van der Waals surface area (Å²) in [6, 6.07) is 0. The Balaban J connectivity index is 1.26. The Kier molecular flexibility index (Phi) is 4.61. The van der Waals surface area contributed by atoms with Crippen LogP contribution in [0, 0.1) is 52.8 Å². The van der Waals surface area contributed by atoms with Gasteiger partial charge in [0.05, 0.1) is 5.60 Å². The Labute approximate surface area is 181 Å². The number of aliphatic hydroxyl groups is 1. The molecule has 1 aromatic heterocycles. The lowest BCUT2D eigenvalue weighted by Gasteiger charge is -2.58. The molecule has 0 bridgehead atoms. The fourth-order valence-electron chi connectivity index (χ4n) is 10.1. The molecule has 30 heavy (non-hydrogen) atoms. The fraction of sp³-hybridized carbons (Fsp3) is 0.960. The molecule has 5 heteroatoms. The standard InChI is InChI=1S/C25H40N4O/c1-24(30)11-8-17-16(14-24)6-7-21-18(17)9-12-25(2)22(10-13-29-15-26-27-28-29)19-4-3-5-20(19)23(21)25/h15-23,30H,3-14H2,1-2H3/t16?,17-,18+,19-,20+,21?,22-,23?,24+,25-/m0/s1. The molecule has 1 aromatic rings. The third-order valence-corrected chi connectivity index (χ3v) is 11.0. The van der Waals surface area contributed by atoms with Crippen molar-refractivity contribution >= 4 is 0 Å². The van der Waals surface area contributed by atoms with Crippen molar-refractivity contribution in [3.63, 3.8) is 0 Å². The van der Waals surface area contributed by atoms with Gasteiger partial charge in [0, 0.05) is 6.54 Å². The topological polar surface area (TPSA) is 63.8 Å². The average Bonchev–Trinajstić information content (AvgIpc) is 3.42. The van der Waals surface area contributed by atoms with Gasteiger partial charge in [-0.2, -0.15) is 0 Å². The van der Waals surface area contributed by atoms with Crippen LogP contribution in [0.4, 0.5) is 0 Å². The van der Waals surface area contributed by atoms with Crippen LogP contribution in [0.2, 0.25) is 0 Å². The third kappa shape index (κ3) is 2.93. The van der Waals surface area contributed by atoms with Crippen molar-refractivity contribution in [2.45, 2.75) is 96.6 Å². The highest BCUT2D eigenvalue weighted by Gasteiger charge is 2.64. The monoisotopic (exact) mass is 412 g/mol. The van der Waals surface area contributed by atoms with Gasteiger partial charge in [-0.05, 0) is 134 Å². The summed E-state index contributed by atoms with van der Waals surface area (Å²) in [6.07, 6.45) is 16.5. The minimum Gasteiger partial charge on any atom is -0.390 e. The number of aromatic nitrogens is 4. The van der Waals surface area contributed by atoms with Crippen LogP contribution in [-0.4, -0.2) is 30.9 Å². The molecule has 0 radical (unpaired) electrons. The van der Waals surface area contributed by atoms with Crippen molar-refractivity contribution in [3.05, 3.63) is 6.33 Å². The van der Waals surface area contributed by atoms with Crippen LogP contribution < -0.4 is 0 Å². The molecule has 6 rings (SSSR count). The summed E-state index contributed by atoms with van der Waals surface area (Å²) < 4.78 is 1.95. The molecule has 1 heterocycles. The Morgan fingerprint density at radius 1 is 0.933 bits per heavy atom. The van der Waals surface area contributed by atoms with Crippen molar-refractivity contribution in [2.75, 3.05) is 0 Å². The summed E-state index contributed by atoms with van der Waals surface area (Å²) in [5, 5.41) is 22.5. The van der Waals surface area contributed by atoms with E-state index >= 15 is 0 Å². The molecule has 0 spiro atoms. The van der Waals surface area contributed by atoms with E-state index in [2.05, 4.69) is 29.4 Å². The van der Waals surface area contributed by atoms with Gasteiger partial charge in [-0.15, -0.1) is 5.10 Å². The number of hydrogen-bond donors (Lipinski definition) is 1. The van der Waals surface area contributed by atoms with E-state index < -0.39 is 5.60 Å². The second-order valence-electron chi connectivity index (χ2n) is 12.4. The molecule has 1 N–H and O–H groups in total. The molecule has 10 atom stereocenters. The van der Waals surface area contributed by atoms with Gasteiger partial charge in [0.15, 0.2) is 0 Å². The van der Waals surface area contributed by atoms with Crippen LogP contribution in [0.1, 0.15) is 84.5 Å². The molecule has 0 saturated heterocycles. The second-order valence-corrected chi connectivity index (χ2v) is 12.4. The maximum atomic E-state index is 10.7. The van der Waals surface area contributed by atoms with Crippen molar-refractivity contribution in [2.24, 2.45) is 52.8 Å². The SMILES string of the molecule is C[C@@]1(O)CC[C@H]2C(CCC3C4[C@@H]5CCC[C@@H]5[C@H](CCn5cnnn5)[C@]4(C)CC[C@@H]32)C1. The number of hydrogen-bond acceptors (Lipinski definition) is 4. The first kappa shape index (κ1) is 19.7. The average molecular weight is 413 g/mol. The molecule has 5 fully saturated rings. The Morgan fingerprint density at radius 2 is 1.73 bits per heavy atom. The van der Waals surface area contributed by atoms with E-state index in [1.807, 2.05) is 4.68 Å². The predicted octanol–water partition coefficient (Wildman–Crippen LogP) is 4.72. The van der Waals surface area contributed by atoms with Gasteiger partial charge in [-0.1, -0.05) is 13.3 Å². The normalized spacial score (nSPS) is 52.4. The van der Waals surface area contributed by atoms with Crippen LogP contribution in [0.15, 0.2) is 6.33 Å². The number of nitrogens with zero attached hydrogens (tertiary/aromatic N) is 4. The molecule has 0 aliphatic heterocycles. The zero-order chi connectivity index (χ0) is 20.5. The first-order chi connectivity index (χ1) is 14.5. The van der Waals surface area contributed by atoms with E-state index in [9.17, 15) is 5.11 Å². The highest BCUT2D eigenvalue weighted by Crippen LogP contribution is 2.70. The van der Waals surface area contributed by atoms with Gasteiger partial charge < -0.3 is 5.11 Å². The molecular formula is C25H40N4O. The Hall–Kier alpha value is -0.970. The fourth-order valence-corrected chi connectivity index (χ4v) is 10.1. The summed E-state index contributed by atoms with van der Waals surface area (Å²) in [7, 11) is 0. The molecule has 5 aliphatic rings. The maximum absolute atomic E-state index is 10.7. The van der Waals surface area contributed by atoms with Crippen LogP contribution >= 0.6 is 0 Å². The first-order valence-electron chi connectivity index (χ1n) is 12.9. The van der Waals surface area contributed by atoms with E-state index in [0.717, 1.165) is 66.7 Å². The Morgan fingerprint density at radius 3 is 2.57 bits per heavy atom.